The molecule has 0 aliphatic heterocycles. The van der Waals surface area contributed by atoms with Crippen LogP contribution in [0.1, 0.15) is 17.0 Å². The van der Waals surface area contributed by atoms with Crippen LogP contribution in [0.25, 0.3) is 0 Å². The lowest BCUT2D eigenvalue weighted by molar-refractivity contribution is 0.290. The summed E-state index contributed by atoms with van der Waals surface area (Å²) in [6.45, 7) is 2.41. The zero-order chi connectivity index (χ0) is 14.9. The van der Waals surface area contributed by atoms with Crippen LogP contribution in [-0.4, -0.2) is 9.78 Å². The fourth-order valence-electron chi connectivity index (χ4n) is 1.80. The second-order valence-electron chi connectivity index (χ2n) is 4.28. The van der Waals surface area contributed by atoms with Gasteiger partial charge in [-0.3, -0.25) is 4.68 Å². The summed E-state index contributed by atoms with van der Waals surface area (Å²) in [7, 11) is 1.91. The highest BCUT2D eigenvalue weighted by molar-refractivity contribution is 9.11. The second-order valence-corrected chi connectivity index (χ2v) is 7.34. The minimum absolute atomic E-state index is 0.447. The molecular weight excluding hydrogens is 520 g/mol. The van der Waals surface area contributed by atoms with Crippen molar-refractivity contribution >= 4 is 63.7 Å². The number of hydrogen-bond acceptors (Lipinski definition) is 2. The van der Waals surface area contributed by atoms with Gasteiger partial charge in [-0.2, -0.15) is 5.10 Å². The third-order valence-corrected chi connectivity index (χ3v) is 5.68. The van der Waals surface area contributed by atoms with Gasteiger partial charge in [-0.25, -0.2) is 0 Å². The zero-order valence-corrected chi connectivity index (χ0v) is 17.2. The fraction of sp³-hybridized carbons (Fsp3) is 0.308. The number of benzene rings is 1. The van der Waals surface area contributed by atoms with Gasteiger partial charge in [0.2, 0.25) is 0 Å². The molecule has 7 heteroatoms. The number of aryl methyl sites for hydroxylation is 2. The lowest BCUT2D eigenvalue weighted by atomic mass is 10.2. The van der Waals surface area contributed by atoms with Crippen molar-refractivity contribution in [3.8, 4) is 5.75 Å². The summed E-state index contributed by atoms with van der Waals surface area (Å²) in [5.41, 5.74) is 3.14. The van der Waals surface area contributed by atoms with Gasteiger partial charge in [0.05, 0.1) is 24.8 Å². The molecule has 108 valence electrons. The standard InChI is InChI=1S/C13H12Br4N2O/c1-7-12(17)11(19(2)18-7)6-20-13-9(15)3-8(5-14)4-10(13)16/h3-4H,5-6H2,1-2H3. The average Bonchev–Trinajstić information content (AvgIpc) is 2.63. The molecule has 2 aromatic rings. The lowest BCUT2D eigenvalue weighted by Gasteiger charge is -2.12. The van der Waals surface area contributed by atoms with Crippen molar-refractivity contribution in [2.45, 2.75) is 18.9 Å². The van der Waals surface area contributed by atoms with E-state index in [1.54, 1.807) is 0 Å². The molecular formula is C13H12Br4N2O. The second kappa shape index (κ2) is 6.94. The molecule has 20 heavy (non-hydrogen) atoms. The molecule has 0 fully saturated rings. The maximum absolute atomic E-state index is 5.93. The van der Waals surface area contributed by atoms with E-state index in [1.165, 1.54) is 5.56 Å². The molecule has 0 amide bonds. The van der Waals surface area contributed by atoms with Crippen molar-refractivity contribution in [1.29, 1.82) is 0 Å². The first kappa shape index (κ1) is 16.5. The normalized spacial score (nSPS) is 10.9. The van der Waals surface area contributed by atoms with Crippen LogP contribution < -0.4 is 4.74 Å². The van der Waals surface area contributed by atoms with E-state index >= 15 is 0 Å². The Morgan fingerprint density at radius 1 is 1.20 bits per heavy atom. The van der Waals surface area contributed by atoms with E-state index in [-0.39, 0.29) is 0 Å². The van der Waals surface area contributed by atoms with Crippen LogP contribution in [0.2, 0.25) is 0 Å². The summed E-state index contributed by atoms with van der Waals surface area (Å²) in [6.07, 6.45) is 0. The van der Waals surface area contributed by atoms with Crippen LogP contribution in [0, 0.1) is 6.92 Å². The van der Waals surface area contributed by atoms with E-state index in [9.17, 15) is 0 Å². The Kier molecular flexibility index (Phi) is 5.73. The number of rotatable bonds is 4. The van der Waals surface area contributed by atoms with E-state index in [2.05, 4.69) is 68.8 Å². The summed E-state index contributed by atoms with van der Waals surface area (Å²) in [4.78, 5) is 0. The predicted octanol–water partition coefficient (Wildman–Crippen LogP) is 5.49. The van der Waals surface area contributed by atoms with Gasteiger partial charge in [0.1, 0.15) is 12.4 Å². The Morgan fingerprint density at radius 2 is 1.80 bits per heavy atom. The molecule has 0 N–H and O–H groups in total. The highest BCUT2D eigenvalue weighted by Gasteiger charge is 2.14. The van der Waals surface area contributed by atoms with Gasteiger partial charge in [-0.1, -0.05) is 15.9 Å². The summed E-state index contributed by atoms with van der Waals surface area (Å²) in [5, 5.41) is 5.16. The SMILES string of the molecule is Cc1nn(C)c(COc2c(Br)cc(CBr)cc2Br)c1Br. The third kappa shape index (κ3) is 3.48. The molecule has 0 bridgehead atoms. The minimum Gasteiger partial charge on any atom is -0.485 e. The van der Waals surface area contributed by atoms with Crippen LogP contribution in [0.4, 0.5) is 0 Å². The topological polar surface area (TPSA) is 27.1 Å². The van der Waals surface area contributed by atoms with Crippen LogP contribution in [0.15, 0.2) is 25.6 Å². The molecule has 0 atom stereocenters. The molecule has 0 saturated heterocycles. The number of alkyl halides is 1. The van der Waals surface area contributed by atoms with E-state index in [0.29, 0.717) is 6.61 Å². The Hall–Kier alpha value is 0.150. The van der Waals surface area contributed by atoms with Gasteiger partial charge < -0.3 is 4.74 Å². The Morgan fingerprint density at radius 3 is 2.25 bits per heavy atom. The Balaban J connectivity index is 2.23. The maximum atomic E-state index is 5.93. The fourth-order valence-corrected chi connectivity index (χ4v) is 4.09. The van der Waals surface area contributed by atoms with Crippen molar-refractivity contribution in [1.82, 2.24) is 9.78 Å². The largest absolute Gasteiger partial charge is 0.485 e. The molecule has 0 aliphatic rings. The number of ether oxygens (including phenoxy) is 1. The molecule has 3 nitrogen and oxygen atoms in total. The smallest absolute Gasteiger partial charge is 0.148 e. The van der Waals surface area contributed by atoms with E-state index in [1.807, 2.05) is 30.8 Å². The molecule has 1 aromatic heterocycles. The average molecular weight is 532 g/mol. The first-order chi connectivity index (χ1) is 9.43. The van der Waals surface area contributed by atoms with Gasteiger partial charge >= 0.3 is 0 Å². The quantitative estimate of drug-likeness (QED) is 0.488. The van der Waals surface area contributed by atoms with Crippen molar-refractivity contribution in [2.24, 2.45) is 7.05 Å². The zero-order valence-electron chi connectivity index (χ0n) is 10.9. The van der Waals surface area contributed by atoms with Crippen molar-refractivity contribution in [2.75, 3.05) is 0 Å². The Labute approximate surface area is 151 Å². The number of hydrogen-bond donors (Lipinski definition) is 0. The van der Waals surface area contributed by atoms with Crippen LogP contribution in [-0.2, 0) is 19.0 Å². The number of nitrogens with zero attached hydrogens (tertiary/aromatic N) is 2. The van der Waals surface area contributed by atoms with Gasteiger partial charge in [-0.05, 0) is 72.4 Å². The Bertz CT molecular complexity index is 617. The van der Waals surface area contributed by atoms with Gasteiger partial charge in [0.15, 0.2) is 0 Å². The predicted molar refractivity (Wildman–Crippen MR) is 94.5 cm³/mol. The molecule has 2 rings (SSSR count). The first-order valence-electron chi connectivity index (χ1n) is 5.78. The van der Waals surface area contributed by atoms with Crippen molar-refractivity contribution < 1.29 is 4.74 Å². The van der Waals surface area contributed by atoms with E-state index in [0.717, 1.165) is 35.9 Å². The number of aromatic nitrogens is 2. The highest BCUT2D eigenvalue weighted by atomic mass is 79.9. The summed E-state index contributed by atoms with van der Waals surface area (Å²) >= 11 is 14.1. The van der Waals surface area contributed by atoms with Gasteiger partial charge in [-0.15, -0.1) is 0 Å². The van der Waals surface area contributed by atoms with E-state index < -0.39 is 0 Å². The lowest BCUT2D eigenvalue weighted by Crippen LogP contribution is -2.04. The molecule has 1 heterocycles. The molecule has 0 saturated carbocycles. The van der Waals surface area contributed by atoms with Crippen molar-refractivity contribution in [3.63, 3.8) is 0 Å². The summed E-state index contributed by atoms with van der Waals surface area (Å²) in [6, 6.07) is 4.08. The minimum atomic E-state index is 0.447. The maximum Gasteiger partial charge on any atom is 0.148 e. The van der Waals surface area contributed by atoms with Crippen molar-refractivity contribution in [3.05, 3.63) is 42.5 Å². The summed E-state index contributed by atoms with van der Waals surface area (Å²) < 4.78 is 10.6. The monoisotopic (exact) mass is 528 g/mol. The molecule has 1 aromatic carbocycles. The third-order valence-electron chi connectivity index (χ3n) is 2.83. The first-order valence-corrected chi connectivity index (χ1v) is 9.28. The van der Waals surface area contributed by atoms with Crippen LogP contribution in [0.3, 0.4) is 0 Å². The molecule has 0 radical (unpaired) electrons. The van der Waals surface area contributed by atoms with Gasteiger partial charge in [0.25, 0.3) is 0 Å². The molecule has 0 aliphatic carbocycles. The van der Waals surface area contributed by atoms with Crippen LogP contribution >= 0.6 is 63.7 Å². The molecule has 0 unspecified atom stereocenters. The van der Waals surface area contributed by atoms with Crippen LogP contribution in [0.5, 0.6) is 5.75 Å². The highest BCUT2D eigenvalue weighted by Crippen LogP contribution is 2.36. The van der Waals surface area contributed by atoms with Gasteiger partial charge in [0, 0.05) is 12.4 Å². The number of halogens is 4. The summed E-state index contributed by atoms with van der Waals surface area (Å²) in [5.74, 6) is 0.792. The van der Waals surface area contributed by atoms with E-state index in [4.69, 9.17) is 4.74 Å². The molecule has 0 spiro atoms.